The zero-order valence-corrected chi connectivity index (χ0v) is 12.3. The Bertz CT molecular complexity index is 377. The molecule has 1 aliphatic carbocycles. The molecule has 19 heavy (non-hydrogen) atoms. The highest BCUT2D eigenvalue weighted by molar-refractivity contribution is 5.07. The highest BCUT2D eigenvalue weighted by atomic mass is 16.5. The number of rotatable bonds is 5. The molecule has 0 radical (unpaired) electrons. The monoisotopic (exact) mass is 263 g/mol. The second-order valence-corrected chi connectivity index (χ2v) is 6.41. The van der Waals surface area contributed by atoms with Crippen molar-refractivity contribution in [2.75, 3.05) is 6.61 Å². The van der Waals surface area contributed by atoms with Crippen molar-refractivity contribution in [2.45, 2.75) is 58.5 Å². The summed E-state index contributed by atoms with van der Waals surface area (Å²) in [5, 5.41) is 3.39. The van der Waals surface area contributed by atoms with Gasteiger partial charge in [0.2, 0.25) is 5.88 Å². The van der Waals surface area contributed by atoms with Gasteiger partial charge in [0.15, 0.2) is 0 Å². The molecule has 1 aliphatic rings. The minimum atomic E-state index is 0.0966. The van der Waals surface area contributed by atoms with Crippen molar-refractivity contribution in [2.24, 2.45) is 5.92 Å². The third kappa shape index (κ3) is 5.15. The fourth-order valence-electron chi connectivity index (χ4n) is 2.24. The predicted octanol–water partition coefficient (Wildman–Crippen LogP) is 2.93. The van der Waals surface area contributed by atoms with E-state index in [4.69, 9.17) is 4.74 Å². The van der Waals surface area contributed by atoms with Crippen molar-refractivity contribution in [3.05, 3.63) is 18.1 Å². The molecule has 1 fully saturated rings. The van der Waals surface area contributed by atoms with E-state index >= 15 is 0 Å². The molecule has 1 aromatic heterocycles. The van der Waals surface area contributed by atoms with E-state index in [0.717, 1.165) is 18.8 Å². The number of aromatic nitrogens is 2. The van der Waals surface area contributed by atoms with Gasteiger partial charge in [-0.25, -0.2) is 4.98 Å². The van der Waals surface area contributed by atoms with Crippen LogP contribution in [-0.4, -0.2) is 22.1 Å². The molecular formula is C15H25N3O. The van der Waals surface area contributed by atoms with Gasteiger partial charge in [-0.05, 0) is 39.5 Å². The van der Waals surface area contributed by atoms with E-state index in [1.54, 1.807) is 12.4 Å². The molecule has 4 nitrogen and oxygen atoms in total. The first kappa shape index (κ1) is 14.3. The van der Waals surface area contributed by atoms with Gasteiger partial charge in [0.1, 0.15) is 0 Å². The van der Waals surface area contributed by atoms with E-state index in [1.165, 1.54) is 25.7 Å². The maximum Gasteiger partial charge on any atom is 0.232 e. The van der Waals surface area contributed by atoms with Crippen molar-refractivity contribution >= 4 is 0 Å². The van der Waals surface area contributed by atoms with Gasteiger partial charge < -0.3 is 10.1 Å². The lowest BCUT2D eigenvalue weighted by Gasteiger charge is -2.20. The SMILES string of the molecule is CC(C)(C)NCc1cnc(OCC2CCCC2)cn1. The molecule has 0 amide bonds. The van der Waals surface area contributed by atoms with E-state index in [9.17, 15) is 0 Å². The maximum absolute atomic E-state index is 5.70. The van der Waals surface area contributed by atoms with Gasteiger partial charge in [0.25, 0.3) is 0 Å². The van der Waals surface area contributed by atoms with Crippen LogP contribution in [0.5, 0.6) is 5.88 Å². The molecule has 2 rings (SSSR count). The third-order valence-electron chi connectivity index (χ3n) is 3.42. The van der Waals surface area contributed by atoms with Crippen molar-refractivity contribution in [1.82, 2.24) is 15.3 Å². The second kappa shape index (κ2) is 6.33. The standard InChI is InChI=1S/C15H25N3O/c1-15(2,3)18-9-13-8-17-14(10-16-13)19-11-12-6-4-5-7-12/h8,10,12,18H,4-7,9,11H2,1-3H3. The summed E-state index contributed by atoms with van der Waals surface area (Å²) in [4.78, 5) is 8.69. The predicted molar refractivity (Wildman–Crippen MR) is 76.1 cm³/mol. The van der Waals surface area contributed by atoms with Crippen LogP contribution in [-0.2, 0) is 6.54 Å². The summed E-state index contributed by atoms with van der Waals surface area (Å²) in [6, 6.07) is 0. The summed E-state index contributed by atoms with van der Waals surface area (Å²) < 4.78 is 5.70. The maximum atomic E-state index is 5.70. The largest absolute Gasteiger partial charge is 0.476 e. The van der Waals surface area contributed by atoms with Crippen LogP contribution in [0.2, 0.25) is 0 Å². The zero-order valence-electron chi connectivity index (χ0n) is 12.3. The highest BCUT2D eigenvalue weighted by Crippen LogP contribution is 2.25. The average molecular weight is 263 g/mol. The number of hydrogen-bond donors (Lipinski definition) is 1. The lowest BCUT2D eigenvalue weighted by molar-refractivity contribution is 0.242. The lowest BCUT2D eigenvalue weighted by atomic mass is 10.1. The van der Waals surface area contributed by atoms with Gasteiger partial charge in [0.05, 0.1) is 24.7 Å². The lowest BCUT2D eigenvalue weighted by Crippen LogP contribution is -2.35. The molecule has 0 saturated heterocycles. The Labute approximate surface area is 116 Å². The molecule has 0 atom stereocenters. The molecule has 0 unspecified atom stereocenters. The fraction of sp³-hybridized carbons (Fsp3) is 0.733. The van der Waals surface area contributed by atoms with E-state index in [0.29, 0.717) is 11.8 Å². The van der Waals surface area contributed by atoms with Crippen LogP contribution in [0, 0.1) is 5.92 Å². The zero-order chi connectivity index (χ0) is 13.7. The van der Waals surface area contributed by atoms with Crippen LogP contribution in [0.25, 0.3) is 0 Å². The summed E-state index contributed by atoms with van der Waals surface area (Å²) in [5.74, 6) is 1.36. The Morgan fingerprint density at radius 2 is 1.95 bits per heavy atom. The van der Waals surface area contributed by atoms with Crippen LogP contribution < -0.4 is 10.1 Å². The van der Waals surface area contributed by atoms with Gasteiger partial charge in [-0.2, -0.15) is 0 Å². The summed E-state index contributed by atoms with van der Waals surface area (Å²) in [5.41, 5.74) is 1.04. The summed E-state index contributed by atoms with van der Waals surface area (Å²) in [7, 11) is 0. The van der Waals surface area contributed by atoms with Crippen LogP contribution in [0.4, 0.5) is 0 Å². The molecule has 1 heterocycles. The van der Waals surface area contributed by atoms with E-state index < -0.39 is 0 Å². The minimum Gasteiger partial charge on any atom is -0.476 e. The van der Waals surface area contributed by atoms with E-state index in [2.05, 4.69) is 36.1 Å². The Morgan fingerprint density at radius 1 is 1.21 bits per heavy atom. The highest BCUT2D eigenvalue weighted by Gasteiger charge is 2.15. The third-order valence-corrected chi connectivity index (χ3v) is 3.42. The topological polar surface area (TPSA) is 47.0 Å². The van der Waals surface area contributed by atoms with Crippen LogP contribution in [0.1, 0.15) is 52.1 Å². The molecule has 1 saturated carbocycles. The Morgan fingerprint density at radius 3 is 2.53 bits per heavy atom. The van der Waals surface area contributed by atoms with Gasteiger partial charge >= 0.3 is 0 Å². The normalized spacial score (nSPS) is 16.8. The van der Waals surface area contributed by atoms with Crippen LogP contribution in [0.15, 0.2) is 12.4 Å². The second-order valence-electron chi connectivity index (χ2n) is 6.41. The van der Waals surface area contributed by atoms with E-state index in [-0.39, 0.29) is 5.54 Å². The van der Waals surface area contributed by atoms with Crippen molar-refractivity contribution < 1.29 is 4.74 Å². The number of nitrogens with zero attached hydrogens (tertiary/aromatic N) is 2. The van der Waals surface area contributed by atoms with Gasteiger partial charge in [-0.1, -0.05) is 12.8 Å². The van der Waals surface area contributed by atoms with Gasteiger partial charge in [-0.3, -0.25) is 4.98 Å². The molecule has 1 aromatic rings. The minimum absolute atomic E-state index is 0.0966. The van der Waals surface area contributed by atoms with Crippen molar-refractivity contribution in [1.29, 1.82) is 0 Å². The number of nitrogens with one attached hydrogen (secondary N) is 1. The van der Waals surface area contributed by atoms with Crippen molar-refractivity contribution in [3.63, 3.8) is 0 Å². The summed E-state index contributed by atoms with van der Waals surface area (Å²) in [6.45, 7) is 7.94. The van der Waals surface area contributed by atoms with Gasteiger partial charge in [0, 0.05) is 12.1 Å². The molecule has 0 bridgehead atoms. The molecule has 0 spiro atoms. The summed E-state index contributed by atoms with van der Waals surface area (Å²) >= 11 is 0. The molecule has 1 N–H and O–H groups in total. The Kier molecular flexibility index (Phi) is 4.75. The van der Waals surface area contributed by atoms with Crippen LogP contribution in [0.3, 0.4) is 0 Å². The number of ether oxygens (including phenoxy) is 1. The fourth-order valence-corrected chi connectivity index (χ4v) is 2.24. The van der Waals surface area contributed by atoms with E-state index in [1.807, 2.05) is 0 Å². The molecule has 106 valence electrons. The molecular weight excluding hydrogens is 238 g/mol. The quantitative estimate of drug-likeness (QED) is 0.887. The smallest absolute Gasteiger partial charge is 0.232 e. The van der Waals surface area contributed by atoms with Crippen molar-refractivity contribution in [3.8, 4) is 5.88 Å². The Balaban J connectivity index is 1.77. The first-order valence-corrected chi connectivity index (χ1v) is 7.22. The molecule has 4 heteroatoms. The molecule has 0 aliphatic heterocycles. The first-order valence-electron chi connectivity index (χ1n) is 7.22. The Hall–Kier alpha value is -1.16. The van der Waals surface area contributed by atoms with Gasteiger partial charge in [-0.15, -0.1) is 0 Å². The van der Waals surface area contributed by atoms with Crippen LogP contribution >= 0.6 is 0 Å². The summed E-state index contributed by atoms with van der Waals surface area (Å²) in [6.07, 6.45) is 8.80. The number of hydrogen-bond acceptors (Lipinski definition) is 4. The average Bonchev–Trinajstić information content (AvgIpc) is 2.87. The molecule has 0 aromatic carbocycles. The first-order chi connectivity index (χ1) is 9.03.